The number of anilines is 2. The van der Waals surface area contributed by atoms with Crippen molar-refractivity contribution in [3.8, 4) is 0 Å². The van der Waals surface area contributed by atoms with Crippen LogP contribution in [0, 0.1) is 0 Å². The van der Waals surface area contributed by atoms with Crippen LogP contribution in [0.4, 0.5) is 28.9 Å². The van der Waals surface area contributed by atoms with Gasteiger partial charge in [-0.05, 0) is 18.2 Å². The summed E-state index contributed by atoms with van der Waals surface area (Å²) in [5.74, 6) is -4.54. The van der Waals surface area contributed by atoms with Crippen LogP contribution in [0.1, 0.15) is 10.4 Å². The number of hydrogen-bond donors (Lipinski definition) is 3. The standard InChI is InChI=1S/C11H13F4N3O/c1-17-9(19)6-2-3-8(7(16)4-6)18-5-11(14,15)10(12)13/h2-4,10,18H,5,16H2,1H3,(H,17,19). The molecule has 1 rings (SSSR count). The van der Waals surface area contributed by atoms with Crippen molar-refractivity contribution in [2.45, 2.75) is 12.3 Å². The summed E-state index contributed by atoms with van der Waals surface area (Å²) in [6.07, 6.45) is -3.76. The van der Waals surface area contributed by atoms with Crippen LogP contribution < -0.4 is 16.4 Å². The molecule has 0 saturated carbocycles. The van der Waals surface area contributed by atoms with E-state index in [0.29, 0.717) is 0 Å². The lowest BCUT2D eigenvalue weighted by atomic mass is 10.1. The van der Waals surface area contributed by atoms with E-state index in [1.165, 1.54) is 25.2 Å². The maximum Gasteiger partial charge on any atom is 0.324 e. The highest BCUT2D eigenvalue weighted by atomic mass is 19.3. The summed E-state index contributed by atoms with van der Waals surface area (Å²) in [7, 11) is 1.42. The molecule has 0 atom stereocenters. The molecule has 0 radical (unpaired) electrons. The number of rotatable bonds is 5. The SMILES string of the molecule is CNC(=O)c1ccc(NCC(F)(F)C(F)F)c(N)c1. The van der Waals surface area contributed by atoms with Gasteiger partial charge in [-0.15, -0.1) is 0 Å². The minimum absolute atomic E-state index is 0.0196. The van der Waals surface area contributed by atoms with Crippen LogP contribution >= 0.6 is 0 Å². The highest BCUT2D eigenvalue weighted by Gasteiger charge is 2.40. The van der Waals surface area contributed by atoms with Crippen molar-refractivity contribution in [3.63, 3.8) is 0 Å². The highest BCUT2D eigenvalue weighted by molar-refractivity contribution is 5.95. The zero-order valence-electron chi connectivity index (χ0n) is 10.0. The van der Waals surface area contributed by atoms with Crippen LogP contribution in [0.2, 0.25) is 0 Å². The molecule has 0 fully saturated rings. The Labute approximate surface area is 107 Å². The lowest BCUT2D eigenvalue weighted by molar-refractivity contribution is -0.117. The van der Waals surface area contributed by atoms with E-state index >= 15 is 0 Å². The Bertz CT molecular complexity index is 465. The van der Waals surface area contributed by atoms with Crippen molar-refractivity contribution in [1.29, 1.82) is 0 Å². The van der Waals surface area contributed by atoms with Gasteiger partial charge in [0.15, 0.2) is 0 Å². The molecule has 0 aliphatic rings. The molecule has 0 spiro atoms. The summed E-state index contributed by atoms with van der Waals surface area (Å²) in [5.41, 5.74) is 5.87. The van der Waals surface area contributed by atoms with E-state index < -0.39 is 24.8 Å². The molecule has 0 aliphatic carbocycles. The largest absolute Gasteiger partial charge is 0.397 e. The number of benzene rings is 1. The summed E-state index contributed by atoms with van der Waals surface area (Å²) < 4.78 is 49.3. The first-order valence-electron chi connectivity index (χ1n) is 5.29. The number of nitrogens with two attached hydrogens (primary N) is 1. The van der Waals surface area contributed by atoms with Crippen molar-refractivity contribution >= 4 is 17.3 Å². The first-order valence-corrected chi connectivity index (χ1v) is 5.29. The van der Waals surface area contributed by atoms with Gasteiger partial charge in [-0.25, -0.2) is 8.78 Å². The Morgan fingerprint density at radius 3 is 2.53 bits per heavy atom. The van der Waals surface area contributed by atoms with Crippen LogP contribution in [0.25, 0.3) is 0 Å². The molecule has 0 saturated heterocycles. The summed E-state index contributed by atoms with van der Waals surface area (Å²) in [4.78, 5) is 11.3. The highest BCUT2D eigenvalue weighted by Crippen LogP contribution is 2.25. The molecule has 0 heterocycles. The molecule has 1 aromatic carbocycles. The Balaban J connectivity index is 2.79. The molecule has 4 nitrogen and oxygen atoms in total. The zero-order valence-corrected chi connectivity index (χ0v) is 10.0. The van der Waals surface area contributed by atoms with E-state index in [4.69, 9.17) is 5.73 Å². The first-order chi connectivity index (χ1) is 8.77. The number of nitrogens with one attached hydrogen (secondary N) is 2. The smallest absolute Gasteiger partial charge is 0.324 e. The van der Waals surface area contributed by atoms with Gasteiger partial charge >= 0.3 is 12.3 Å². The summed E-state index contributed by atoms with van der Waals surface area (Å²) in [6.45, 7) is -1.24. The van der Waals surface area contributed by atoms with Gasteiger partial charge in [-0.3, -0.25) is 4.79 Å². The molecular weight excluding hydrogens is 266 g/mol. The normalized spacial score (nSPS) is 11.5. The molecular formula is C11H13F4N3O. The van der Waals surface area contributed by atoms with Crippen LogP contribution in [0.15, 0.2) is 18.2 Å². The monoisotopic (exact) mass is 279 g/mol. The summed E-state index contributed by atoms with van der Waals surface area (Å²) in [5, 5.41) is 4.50. The molecule has 19 heavy (non-hydrogen) atoms. The average molecular weight is 279 g/mol. The number of hydrogen-bond acceptors (Lipinski definition) is 3. The number of alkyl halides is 4. The van der Waals surface area contributed by atoms with E-state index in [2.05, 4.69) is 10.6 Å². The molecule has 0 aromatic heterocycles. The lowest BCUT2D eigenvalue weighted by Crippen LogP contribution is -2.35. The van der Waals surface area contributed by atoms with E-state index in [0.717, 1.165) is 0 Å². The van der Waals surface area contributed by atoms with E-state index in [1.807, 2.05) is 0 Å². The molecule has 1 aromatic rings. The lowest BCUT2D eigenvalue weighted by Gasteiger charge is -2.17. The van der Waals surface area contributed by atoms with Crippen molar-refractivity contribution in [3.05, 3.63) is 23.8 Å². The number of halogens is 4. The molecule has 8 heteroatoms. The zero-order chi connectivity index (χ0) is 14.6. The Hall–Kier alpha value is -1.99. The minimum atomic E-state index is -4.15. The quantitative estimate of drug-likeness (QED) is 0.570. The predicted octanol–water partition coefficient (Wildman–Crippen LogP) is 1.94. The van der Waals surface area contributed by atoms with Gasteiger partial charge in [0, 0.05) is 12.6 Å². The number of amides is 1. The third kappa shape index (κ3) is 3.73. The van der Waals surface area contributed by atoms with E-state index in [-0.39, 0.29) is 16.9 Å². The van der Waals surface area contributed by atoms with Gasteiger partial charge in [0.1, 0.15) is 0 Å². The van der Waals surface area contributed by atoms with Crippen LogP contribution in [0.5, 0.6) is 0 Å². The van der Waals surface area contributed by atoms with E-state index in [9.17, 15) is 22.4 Å². The van der Waals surface area contributed by atoms with Gasteiger partial charge < -0.3 is 16.4 Å². The van der Waals surface area contributed by atoms with Gasteiger partial charge in [0.2, 0.25) is 0 Å². The molecule has 106 valence electrons. The maximum absolute atomic E-state index is 12.7. The Kier molecular flexibility index (Phi) is 4.57. The maximum atomic E-state index is 12.7. The van der Waals surface area contributed by atoms with E-state index in [1.54, 1.807) is 0 Å². The second-order valence-corrected chi connectivity index (χ2v) is 3.80. The van der Waals surface area contributed by atoms with Gasteiger partial charge in [0.05, 0.1) is 17.9 Å². The number of nitrogen functional groups attached to an aromatic ring is 1. The average Bonchev–Trinajstić information content (AvgIpc) is 2.36. The predicted molar refractivity (Wildman–Crippen MR) is 63.7 cm³/mol. The Morgan fingerprint density at radius 2 is 2.05 bits per heavy atom. The van der Waals surface area contributed by atoms with Crippen LogP contribution in [-0.2, 0) is 0 Å². The fraction of sp³-hybridized carbons (Fsp3) is 0.364. The second kappa shape index (κ2) is 5.77. The number of carbonyl (C=O) groups is 1. The van der Waals surface area contributed by atoms with Crippen molar-refractivity contribution in [2.24, 2.45) is 0 Å². The Morgan fingerprint density at radius 1 is 1.42 bits per heavy atom. The third-order valence-corrected chi connectivity index (χ3v) is 2.37. The fourth-order valence-corrected chi connectivity index (χ4v) is 1.30. The number of carbonyl (C=O) groups excluding carboxylic acids is 1. The van der Waals surface area contributed by atoms with Gasteiger partial charge in [-0.2, -0.15) is 8.78 Å². The van der Waals surface area contributed by atoms with Crippen molar-refractivity contribution in [2.75, 3.05) is 24.6 Å². The van der Waals surface area contributed by atoms with Crippen LogP contribution in [-0.4, -0.2) is 31.8 Å². The molecule has 1 amide bonds. The molecule has 0 aliphatic heterocycles. The van der Waals surface area contributed by atoms with Gasteiger partial charge in [-0.1, -0.05) is 0 Å². The minimum Gasteiger partial charge on any atom is -0.397 e. The topological polar surface area (TPSA) is 67.2 Å². The van der Waals surface area contributed by atoms with Crippen molar-refractivity contribution in [1.82, 2.24) is 5.32 Å². The second-order valence-electron chi connectivity index (χ2n) is 3.80. The third-order valence-electron chi connectivity index (χ3n) is 2.37. The molecule has 0 unspecified atom stereocenters. The fourth-order valence-electron chi connectivity index (χ4n) is 1.30. The van der Waals surface area contributed by atoms with Crippen LogP contribution in [0.3, 0.4) is 0 Å². The molecule has 4 N–H and O–H groups in total. The summed E-state index contributed by atoms with van der Waals surface area (Å²) in [6, 6.07) is 3.89. The molecule has 0 bridgehead atoms. The van der Waals surface area contributed by atoms with Gasteiger partial charge in [0.25, 0.3) is 5.91 Å². The van der Waals surface area contributed by atoms with Crippen molar-refractivity contribution < 1.29 is 22.4 Å². The first kappa shape index (κ1) is 15.1. The summed E-state index contributed by atoms with van der Waals surface area (Å²) >= 11 is 0.